The van der Waals surface area contributed by atoms with Crippen LogP contribution in [0, 0.1) is 5.82 Å². The fourth-order valence-electron chi connectivity index (χ4n) is 5.30. The number of aromatic amines is 1. The van der Waals surface area contributed by atoms with E-state index >= 15 is 0 Å². The van der Waals surface area contributed by atoms with E-state index in [1.807, 2.05) is 12.1 Å². The molecule has 0 radical (unpaired) electrons. The number of thiophene rings is 1. The van der Waals surface area contributed by atoms with Crippen molar-refractivity contribution >= 4 is 34.4 Å². The number of anilines is 3. The van der Waals surface area contributed by atoms with Gasteiger partial charge in [0.2, 0.25) is 0 Å². The van der Waals surface area contributed by atoms with Gasteiger partial charge in [-0.2, -0.15) is 5.10 Å². The molecule has 0 saturated carbocycles. The van der Waals surface area contributed by atoms with E-state index in [9.17, 15) is 19.1 Å². The summed E-state index contributed by atoms with van der Waals surface area (Å²) in [6.07, 6.45) is 5.47. The van der Waals surface area contributed by atoms with Crippen LogP contribution in [0.5, 0.6) is 0 Å². The third-order valence-electron chi connectivity index (χ3n) is 7.63. The Balaban J connectivity index is 1.21. The number of H-pyrrole nitrogens is 1. The van der Waals surface area contributed by atoms with Crippen molar-refractivity contribution in [3.63, 3.8) is 0 Å². The van der Waals surface area contributed by atoms with Crippen molar-refractivity contribution < 1.29 is 14.3 Å². The number of carbonyl (C=O) groups excluding carboxylic acids is 1. The Labute approximate surface area is 233 Å². The largest absolute Gasteiger partial charge is 0.393 e. The zero-order chi connectivity index (χ0) is 27.9. The highest BCUT2D eigenvalue weighted by Gasteiger charge is 2.30. The molecule has 1 unspecified atom stereocenters. The van der Waals surface area contributed by atoms with Crippen molar-refractivity contribution in [2.45, 2.75) is 50.7 Å². The zero-order valence-corrected chi connectivity index (χ0v) is 22.7. The van der Waals surface area contributed by atoms with Crippen LogP contribution in [-0.2, 0) is 18.4 Å². The van der Waals surface area contributed by atoms with Crippen molar-refractivity contribution in [1.82, 2.24) is 20.5 Å². The number of aliphatic hydroxyl groups is 1. The van der Waals surface area contributed by atoms with Crippen LogP contribution in [0.15, 0.2) is 53.5 Å². The number of carbonyl (C=O) groups is 1. The molecule has 5 N–H and O–H groups in total. The molecule has 3 aromatic heterocycles. The Bertz CT molecular complexity index is 1630. The number of nitrogens with zero attached hydrogens (tertiary/aromatic N) is 2. The summed E-state index contributed by atoms with van der Waals surface area (Å²) in [5, 5.41) is 25.7. The second-order valence-corrected chi connectivity index (χ2v) is 11.7. The van der Waals surface area contributed by atoms with Gasteiger partial charge in [-0.3, -0.25) is 9.59 Å². The number of rotatable bonds is 6. The van der Waals surface area contributed by atoms with Crippen LogP contribution in [0.2, 0.25) is 0 Å². The van der Waals surface area contributed by atoms with Crippen LogP contribution in [0.3, 0.4) is 0 Å². The van der Waals surface area contributed by atoms with Crippen LogP contribution in [-0.4, -0.2) is 38.8 Å². The van der Waals surface area contributed by atoms with E-state index in [4.69, 9.17) is 0 Å². The van der Waals surface area contributed by atoms with Crippen molar-refractivity contribution in [2.24, 2.45) is 0 Å². The summed E-state index contributed by atoms with van der Waals surface area (Å²) in [5.41, 5.74) is 2.65. The van der Waals surface area contributed by atoms with Gasteiger partial charge < -0.3 is 21.1 Å². The maximum Gasteiger partial charge on any atom is 0.287 e. The summed E-state index contributed by atoms with van der Waals surface area (Å²) < 4.78 is 14.7. The standard InChI is InChI=1S/C29H29FN6O3S/c1-29(9-2-10-32-29)18-4-8-26(31-15-18)33-23-14-21(35-36-27(23)38)16-3-6-20(30)22(12-16)34-28(39)25-13-17-11-19(37)5-7-24(17)40-25/h3-4,6,8,12-15,19,32,37H,2,5,7,9-11H2,1H3,(H,34,39)(H,36,38)(H,31,33,35)/t19?,29-/m0/s1. The number of benzene rings is 1. The second kappa shape index (κ2) is 10.6. The zero-order valence-electron chi connectivity index (χ0n) is 21.9. The summed E-state index contributed by atoms with van der Waals surface area (Å²) in [6, 6.07) is 11.4. The summed E-state index contributed by atoms with van der Waals surface area (Å²) in [6.45, 7) is 3.13. The van der Waals surface area contributed by atoms with Gasteiger partial charge >= 0.3 is 0 Å². The van der Waals surface area contributed by atoms with Crippen LogP contribution in [0.25, 0.3) is 11.3 Å². The SMILES string of the molecule is C[C@@]1(c2ccc(Nc3cc(-c4ccc(F)c(NC(=O)c5cc6c(s5)CCC(O)C6)c4)n[nH]c3=O)nc2)CCCN1. The second-order valence-electron chi connectivity index (χ2n) is 10.5. The van der Waals surface area contributed by atoms with Gasteiger partial charge in [-0.05, 0) is 93.1 Å². The molecule has 2 atom stereocenters. The summed E-state index contributed by atoms with van der Waals surface area (Å²) in [7, 11) is 0. The van der Waals surface area contributed by atoms with E-state index in [1.165, 1.54) is 29.5 Å². The molecule has 1 aliphatic carbocycles. The maximum atomic E-state index is 14.7. The molecule has 1 amide bonds. The lowest BCUT2D eigenvalue weighted by Gasteiger charge is -2.24. The van der Waals surface area contributed by atoms with Gasteiger partial charge in [0.25, 0.3) is 11.5 Å². The van der Waals surface area contributed by atoms with Gasteiger partial charge in [0.15, 0.2) is 0 Å². The van der Waals surface area contributed by atoms with E-state index in [-0.39, 0.29) is 16.9 Å². The Morgan fingerprint density at radius 2 is 2.08 bits per heavy atom. The quantitative estimate of drug-likeness (QED) is 0.235. The molecule has 1 aliphatic heterocycles. The molecule has 11 heteroatoms. The molecule has 1 fully saturated rings. The molecule has 6 rings (SSSR count). The first kappa shape index (κ1) is 26.3. The van der Waals surface area contributed by atoms with E-state index in [2.05, 4.69) is 38.1 Å². The van der Waals surface area contributed by atoms with Gasteiger partial charge in [0.05, 0.1) is 22.4 Å². The molecule has 1 aromatic carbocycles. The number of hydrogen-bond acceptors (Lipinski definition) is 8. The number of fused-ring (bicyclic) bond motifs is 1. The molecular weight excluding hydrogens is 531 g/mol. The molecule has 2 aliphatic rings. The topological polar surface area (TPSA) is 132 Å². The Morgan fingerprint density at radius 3 is 2.85 bits per heavy atom. The predicted octanol–water partition coefficient (Wildman–Crippen LogP) is 4.48. The van der Waals surface area contributed by atoms with Crippen LogP contribution < -0.4 is 21.5 Å². The van der Waals surface area contributed by atoms with Crippen LogP contribution in [0.1, 0.15) is 51.9 Å². The number of aryl methyl sites for hydroxylation is 1. The molecule has 4 aromatic rings. The number of hydrogen-bond donors (Lipinski definition) is 5. The van der Waals surface area contributed by atoms with Gasteiger partial charge in [0.1, 0.15) is 17.3 Å². The monoisotopic (exact) mass is 560 g/mol. The van der Waals surface area contributed by atoms with Gasteiger partial charge in [-0.15, -0.1) is 11.3 Å². The molecule has 206 valence electrons. The fraction of sp³-hybridized carbons (Fsp3) is 0.310. The number of halogens is 1. The number of nitrogens with one attached hydrogen (secondary N) is 4. The van der Waals surface area contributed by atoms with Crippen LogP contribution >= 0.6 is 11.3 Å². The van der Waals surface area contributed by atoms with Crippen molar-refractivity contribution in [1.29, 1.82) is 0 Å². The molecule has 4 heterocycles. The lowest BCUT2D eigenvalue weighted by atomic mass is 9.92. The van der Waals surface area contributed by atoms with Crippen molar-refractivity contribution in [3.8, 4) is 11.3 Å². The number of aromatic nitrogens is 3. The fourth-order valence-corrected chi connectivity index (χ4v) is 6.40. The first-order chi connectivity index (χ1) is 19.3. The minimum Gasteiger partial charge on any atom is -0.393 e. The first-order valence-corrected chi connectivity index (χ1v) is 14.1. The van der Waals surface area contributed by atoms with Gasteiger partial charge in [0, 0.05) is 22.2 Å². The normalized spacial score (nSPS) is 20.2. The van der Waals surface area contributed by atoms with Crippen LogP contribution in [0.4, 0.5) is 21.6 Å². The Kier molecular flexibility index (Phi) is 6.95. The maximum absolute atomic E-state index is 14.7. The lowest BCUT2D eigenvalue weighted by Crippen LogP contribution is -2.33. The first-order valence-electron chi connectivity index (χ1n) is 13.3. The number of aliphatic hydroxyl groups excluding tert-OH is 1. The number of amides is 1. The highest BCUT2D eigenvalue weighted by molar-refractivity contribution is 7.14. The molecule has 0 bridgehead atoms. The predicted molar refractivity (Wildman–Crippen MR) is 153 cm³/mol. The highest BCUT2D eigenvalue weighted by atomic mass is 32.1. The number of pyridine rings is 1. The van der Waals surface area contributed by atoms with Crippen molar-refractivity contribution in [2.75, 3.05) is 17.2 Å². The summed E-state index contributed by atoms with van der Waals surface area (Å²) >= 11 is 1.37. The third-order valence-corrected chi connectivity index (χ3v) is 8.86. The van der Waals surface area contributed by atoms with E-state index < -0.39 is 23.4 Å². The van der Waals surface area contributed by atoms with Crippen molar-refractivity contribution in [3.05, 3.63) is 85.7 Å². The van der Waals surface area contributed by atoms with Gasteiger partial charge in [-0.1, -0.05) is 6.07 Å². The Morgan fingerprint density at radius 1 is 1.20 bits per heavy atom. The third kappa shape index (κ3) is 5.27. The molecular formula is C29H29FN6O3S. The van der Waals surface area contributed by atoms with E-state index in [1.54, 1.807) is 18.3 Å². The minimum absolute atomic E-state index is 0.00249. The molecule has 1 saturated heterocycles. The highest BCUT2D eigenvalue weighted by Crippen LogP contribution is 2.32. The van der Waals surface area contributed by atoms with E-state index in [0.717, 1.165) is 41.8 Å². The molecule has 40 heavy (non-hydrogen) atoms. The van der Waals surface area contributed by atoms with E-state index in [0.29, 0.717) is 34.8 Å². The minimum atomic E-state index is -0.591. The van der Waals surface area contributed by atoms with Gasteiger partial charge in [-0.25, -0.2) is 14.5 Å². The Hall–Kier alpha value is -3.93. The molecule has 0 spiro atoms. The summed E-state index contributed by atoms with van der Waals surface area (Å²) in [4.78, 5) is 31.5. The lowest BCUT2D eigenvalue weighted by molar-refractivity contribution is 0.102. The average molecular weight is 561 g/mol. The smallest absolute Gasteiger partial charge is 0.287 e. The molecule has 9 nitrogen and oxygen atoms in total. The average Bonchev–Trinajstić information content (AvgIpc) is 3.58. The summed E-state index contributed by atoms with van der Waals surface area (Å²) in [5.74, 6) is -0.504.